The van der Waals surface area contributed by atoms with E-state index in [0.717, 1.165) is 38.0 Å². The van der Waals surface area contributed by atoms with Gasteiger partial charge >= 0.3 is 0 Å². The van der Waals surface area contributed by atoms with Crippen molar-refractivity contribution in [3.8, 4) is 0 Å². The Balaban J connectivity index is 1.77. The molecule has 0 spiro atoms. The molecule has 0 atom stereocenters. The quantitative estimate of drug-likeness (QED) is 0.790. The first-order valence-electron chi connectivity index (χ1n) is 6.75. The highest BCUT2D eigenvalue weighted by Crippen LogP contribution is 2.26. The summed E-state index contributed by atoms with van der Waals surface area (Å²) in [4.78, 5) is 21.7. The molecule has 1 aromatic carbocycles. The molecular weight excluding hydrogens is 300 g/mol. The Morgan fingerprint density at radius 2 is 1.95 bits per heavy atom. The summed E-state index contributed by atoms with van der Waals surface area (Å²) in [5.41, 5.74) is 2.32. The molecule has 21 heavy (non-hydrogen) atoms. The Kier molecular flexibility index (Phi) is 4.12. The normalized spacial score (nSPS) is 11.1. The standard InChI is InChI=1S/C16H16N2OS2/c1-10-11(2)21-16-14(10)15(19)17-13(18-16)9-20-8-12-6-4-3-5-7-12/h3-7H,8-9H2,1-2H3,(H,17,18,19). The Bertz CT molecular complexity index is 821. The van der Waals surface area contributed by atoms with Gasteiger partial charge in [0.25, 0.3) is 5.56 Å². The van der Waals surface area contributed by atoms with Crippen LogP contribution in [0.1, 0.15) is 21.8 Å². The molecule has 3 nitrogen and oxygen atoms in total. The maximum atomic E-state index is 12.2. The van der Waals surface area contributed by atoms with Crippen molar-refractivity contribution < 1.29 is 0 Å². The van der Waals surface area contributed by atoms with E-state index in [1.54, 1.807) is 23.1 Å². The van der Waals surface area contributed by atoms with Crippen LogP contribution < -0.4 is 5.56 Å². The van der Waals surface area contributed by atoms with Gasteiger partial charge in [0.1, 0.15) is 10.7 Å². The molecule has 0 radical (unpaired) electrons. The average molecular weight is 316 g/mol. The number of nitrogens with zero attached hydrogens (tertiary/aromatic N) is 1. The van der Waals surface area contributed by atoms with Crippen LogP contribution in [0, 0.1) is 13.8 Å². The van der Waals surface area contributed by atoms with Gasteiger partial charge in [-0.1, -0.05) is 30.3 Å². The van der Waals surface area contributed by atoms with Crippen LogP contribution in [0.2, 0.25) is 0 Å². The van der Waals surface area contributed by atoms with E-state index in [9.17, 15) is 4.79 Å². The van der Waals surface area contributed by atoms with Crippen LogP contribution in [0.15, 0.2) is 35.1 Å². The minimum atomic E-state index is -0.0165. The molecule has 0 unspecified atom stereocenters. The fourth-order valence-electron chi connectivity index (χ4n) is 2.21. The van der Waals surface area contributed by atoms with E-state index in [-0.39, 0.29) is 5.56 Å². The Morgan fingerprint density at radius 1 is 1.19 bits per heavy atom. The first-order chi connectivity index (χ1) is 10.1. The van der Waals surface area contributed by atoms with Crippen LogP contribution in [-0.4, -0.2) is 9.97 Å². The lowest BCUT2D eigenvalue weighted by molar-refractivity contribution is 1.04. The molecule has 108 valence electrons. The predicted molar refractivity (Wildman–Crippen MR) is 91.2 cm³/mol. The van der Waals surface area contributed by atoms with E-state index in [4.69, 9.17) is 0 Å². The van der Waals surface area contributed by atoms with Crippen molar-refractivity contribution in [1.29, 1.82) is 0 Å². The summed E-state index contributed by atoms with van der Waals surface area (Å²) in [6.07, 6.45) is 0. The molecule has 0 aliphatic rings. The third kappa shape index (κ3) is 3.04. The van der Waals surface area contributed by atoms with Gasteiger partial charge in [-0.25, -0.2) is 4.98 Å². The number of hydrogen-bond donors (Lipinski definition) is 1. The zero-order valence-electron chi connectivity index (χ0n) is 12.0. The number of thioether (sulfide) groups is 1. The summed E-state index contributed by atoms with van der Waals surface area (Å²) in [6, 6.07) is 10.3. The van der Waals surface area contributed by atoms with Crippen molar-refractivity contribution in [3.63, 3.8) is 0 Å². The topological polar surface area (TPSA) is 45.8 Å². The molecule has 0 fully saturated rings. The Morgan fingerprint density at radius 3 is 2.71 bits per heavy atom. The number of hydrogen-bond acceptors (Lipinski definition) is 4. The predicted octanol–water partition coefficient (Wildman–Crippen LogP) is 4.03. The summed E-state index contributed by atoms with van der Waals surface area (Å²) in [5, 5.41) is 0.745. The molecule has 0 amide bonds. The molecule has 3 aromatic rings. The number of nitrogens with one attached hydrogen (secondary N) is 1. The van der Waals surface area contributed by atoms with Crippen molar-refractivity contribution in [2.75, 3.05) is 0 Å². The molecule has 0 saturated heterocycles. The van der Waals surface area contributed by atoms with Gasteiger partial charge in [-0.15, -0.1) is 23.1 Å². The van der Waals surface area contributed by atoms with Gasteiger partial charge in [-0.3, -0.25) is 4.79 Å². The molecular formula is C16H16N2OS2. The lowest BCUT2D eigenvalue weighted by Gasteiger charge is -2.02. The largest absolute Gasteiger partial charge is 0.309 e. The van der Waals surface area contributed by atoms with Crippen LogP contribution in [0.25, 0.3) is 10.2 Å². The maximum absolute atomic E-state index is 12.2. The van der Waals surface area contributed by atoms with Gasteiger partial charge in [-0.05, 0) is 25.0 Å². The molecule has 0 aliphatic carbocycles. The highest BCUT2D eigenvalue weighted by Gasteiger charge is 2.11. The number of rotatable bonds is 4. The van der Waals surface area contributed by atoms with E-state index in [2.05, 4.69) is 22.1 Å². The average Bonchev–Trinajstić information content (AvgIpc) is 2.75. The summed E-state index contributed by atoms with van der Waals surface area (Å²) in [6.45, 7) is 4.01. The van der Waals surface area contributed by atoms with Crippen molar-refractivity contribution in [2.24, 2.45) is 0 Å². The van der Waals surface area contributed by atoms with Gasteiger partial charge in [0, 0.05) is 10.6 Å². The second-order valence-corrected chi connectivity index (χ2v) is 7.14. The minimum absolute atomic E-state index is 0.0165. The third-order valence-corrected chi connectivity index (χ3v) is 5.55. The van der Waals surface area contributed by atoms with E-state index < -0.39 is 0 Å². The molecule has 1 N–H and O–H groups in total. The molecule has 0 bridgehead atoms. The number of aromatic amines is 1. The number of benzene rings is 1. The monoisotopic (exact) mass is 316 g/mol. The maximum Gasteiger partial charge on any atom is 0.259 e. The van der Waals surface area contributed by atoms with Gasteiger partial charge < -0.3 is 4.98 Å². The highest BCUT2D eigenvalue weighted by molar-refractivity contribution is 7.97. The lowest BCUT2D eigenvalue weighted by Crippen LogP contribution is -2.10. The minimum Gasteiger partial charge on any atom is -0.309 e. The van der Waals surface area contributed by atoms with Crippen LogP contribution >= 0.6 is 23.1 Å². The van der Waals surface area contributed by atoms with E-state index >= 15 is 0 Å². The zero-order chi connectivity index (χ0) is 14.8. The van der Waals surface area contributed by atoms with E-state index in [1.165, 1.54) is 5.56 Å². The summed E-state index contributed by atoms with van der Waals surface area (Å²) in [5.74, 6) is 2.40. The van der Waals surface area contributed by atoms with Crippen LogP contribution in [0.5, 0.6) is 0 Å². The highest BCUT2D eigenvalue weighted by atomic mass is 32.2. The number of aryl methyl sites for hydroxylation is 2. The molecule has 2 heterocycles. The molecule has 2 aromatic heterocycles. The SMILES string of the molecule is Cc1sc2nc(CSCc3ccccc3)[nH]c(=O)c2c1C. The van der Waals surface area contributed by atoms with Crippen LogP contribution in [0.3, 0.4) is 0 Å². The fraction of sp³-hybridized carbons (Fsp3) is 0.250. The van der Waals surface area contributed by atoms with E-state index in [1.807, 2.05) is 32.0 Å². The second-order valence-electron chi connectivity index (χ2n) is 4.95. The van der Waals surface area contributed by atoms with Gasteiger partial charge in [0.05, 0.1) is 11.1 Å². The summed E-state index contributed by atoms with van der Waals surface area (Å²) >= 11 is 3.36. The lowest BCUT2D eigenvalue weighted by atomic mass is 10.2. The Labute approximate surface area is 131 Å². The van der Waals surface area contributed by atoms with Gasteiger partial charge in [0.2, 0.25) is 0 Å². The summed E-state index contributed by atoms with van der Waals surface area (Å²) < 4.78 is 0. The van der Waals surface area contributed by atoms with E-state index in [0.29, 0.717) is 0 Å². The third-order valence-electron chi connectivity index (χ3n) is 3.44. The van der Waals surface area contributed by atoms with Crippen LogP contribution in [-0.2, 0) is 11.5 Å². The van der Waals surface area contributed by atoms with Crippen molar-refractivity contribution in [1.82, 2.24) is 9.97 Å². The number of aromatic nitrogens is 2. The molecule has 3 rings (SSSR count). The van der Waals surface area contributed by atoms with Crippen molar-refractivity contribution in [3.05, 3.63) is 62.5 Å². The first-order valence-corrected chi connectivity index (χ1v) is 8.73. The zero-order valence-corrected chi connectivity index (χ0v) is 13.6. The van der Waals surface area contributed by atoms with Gasteiger partial charge in [-0.2, -0.15) is 0 Å². The first kappa shape index (κ1) is 14.4. The fourth-order valence-corrected chi connectivity index (χ4v) is 4.12. The number of thiophene rings is 1. The number of fused-ring (bicyclic) bond motifs is 1. The molecule has 5 heteroatoms. The second kappa shape index (κ2) is 6.03. The number of H-pyrrole nitrogens is 1. The Hall–Kier alpha value is -1.59. The summed E-state index contributed by atoms with van der Waals surface area (Å²) in [7, 11) is 0. The van der Waals surface area contributed by atoms with Crippen molar-refractivity contribution in [2.45, 2.75) is 25.4 Å². The van der Waals surface area contributed by atoms with Gasteiger partial charge in [0.15, 0.2) is 0 Å². The van der Waals surface area contributed by atoms with Crippen LogP contribution in [0.4, 0.5) is 0 Å². The molecule has 0 aliphatic heterocycles. The molecule has 0 saturated carbocycles. The van der Waals surface area contributed by atoms with Crippen molar-refractivity contribution >= 4 is 33.3 Å². The smallest absolute Gasteiger partial charge is 0.259 e.